The Kier molecular flexibility index (Phi) is 6.14. The van der Waals surface area contributed by atoms with Crippen LogP contribution in [0.15, 0.2) is 36.7 Å². The summed E-state index contributed by atoms with van der Waals surface area (Å²) in [7, 11) is 0. The number of nitrogens with one attached hydrogen (secondary N) is 3. The topological polar surface area (TPSA) is 96.0 Å². The lowest BCUT2D eigenvalue weighted by Crippen LogP contribution is -2.30. The molecule has 2 heterocycles. The maximum atomic E-state index is 12.5. The first-order valence-corrected chi connectivity index (χ1v) is 8.88. The van der Waals surface area contributed by atoms with E-state index in [1.165, 1.54) is 12.4 Å². The van der Waals surface area contributed by atoms with Gasteiger partial charge in [-0.25, -0.2) is 9.97 Å². The van der Waals surface area contributed by atoms with Crippen LogP contribution in [0.1, 0.15) is 33.8 Å². The Balaban J connectivity index is 1.63. The average Bonchev–Trinajstić information content (AvgIpc) is 3.17. The van der Waals surface area contributed by atoms with Gasteiger partial charge in [0.05, 0.1) is 0 Å². The van der Waals surface area contributed by atoms with E-state index in [-0.39, 0.29) is 11.4 Å². The van der Waals surface area contributed by atoms with Gasteiger partial charge < -0.3 is 16.0 Å². The zero-order valence-corrected chi connectivity index (χ0v) is 14.9. The summed E-state index contributed by atoms with van der Waals surface area (Å²) in [4.78, 5) is 33.0. The van der Waals surface area contributed by atoms with E-state index in [9.17, 15) is 9.59 Å². The summed E-state index contributed by atoms with van der Waals surface area (Å²) in [5, 5.41) is 9.39. The molecule has 26 heavy (non-hydrogen) atoms. The smallest absolute Gasteiger partial charge is 0.276 e. The monoisotopic (exact) mass is 373 g/mol. The largest absolute Gasteiger partial charge is 0.351 e. The first kappa shape index (κ1) is 18.3. The standard InChI is InChI=1S/C18H20ClN5O2/c19-13-1-3-14(4-2-13)24-18(26)16-15(21-9-10-22-16)17(25)23-8-6-12-5-7-20-11-12/h1-4,9-10,12,20H,5-8,11H2,(H,23,25)(H,24,26). The van der Waals surface area contributed by atoms with E-state index < -0.39 is 11.8 Å². The molecule has 2 amide bonds. The van der Waals surface area contributed by atoms with Gasteiger partial charge in [-0.3, -0.25) is 9.59 Å². The number of carbonyl (C=O) groups is 2. The predicted octanol–water partition coefficient (Wildman–Crippen LogP) is 2.11. The summed E-state index contributed by atoms with van der Waals surface area (Å²) in [5.74, 6) is -0.319. The van der Waals surface area contributed by atoms with Gasteiger partial charge >= 0.3 is 0 Å². The van der Waals surface area contributed by atoms with Gasteiger partial charge in [0, 0.05) is 29.6 Å². The molecule has 3 rings (SSSR count). The van der Waals surface area contributed by atoms with Crippen LogP contribution in [0.25, 0.3) is 0 Å². The lowest BCUT2D eigenvalue weighted by Gasteiger charge is -2.11. The van der Waals surface area contributed by atoms with E-state index in [0.29, 0.717) is 23.2 Å². The number of aromatic nitrogens is 2. The fraction of sp³-hybridized carbons (Fsp3) is 0.333. The Bertz CT molecular complexity index is 775. The van der Waals surface area contributed by atoms with E-state index >= 15 is 0 Å². The maximum absolute atomic E-state index is 12.5. The fourth-order valence-electron chi connectivity index (χ4n) is 2.83. The summed E-state index contributed by atoms with van der Waals surface area (Å²) in [6.07, 6.45) is 4.80. The minimum Gasteiger partial charge on any atom is -0.351 e. The molecule has 1 aliphatic heterocycles. The second-order valence-electron chi connectivity index (χ2n) is 6.12. The molecular weight excluding hydrogens is 354 g/mol. The van der Waals surface area contributed by atoms with Crippen LogP contribution in [-0.4, -0.2) is 41.4 Å². The Labute approximate surface area is 156 Å². The zero-order valence-electron chi connectivity index (χ0n) is 14.2. The van der Waals surface area contributed by atoms with Crippen LogP contribution in [0.3, 0.4) is 0 Å². The molecule has 0 aliphatic carbocycles. The quantitative estimate of drug-likeness (QED) is 0.720. The van der Waals surface area contributed by atoms with Crippen molar-refractivity contribution in [2.24, 2.45) is 5.92 Å². The van der Waals surface area contributed by atoms with Gasteiger partial charge in [0.25, 0.3) is 11.8 Å². The normalized spacial score (nSPS) is 16.3. The first-order chi connectivity index (χ1) is 12.6. The molecule has 0 spiro atoms. The summed E-state index contributed by atoms with van der Waals surface area (Å²) >= 11 is 5.84. The molecule has 1 fully saturated rings. The van der Waals surface area contributed by atoms with Gasteiger partial charge in [0.1, 0.15) is 0 Å². The lowest BCUT2D eigenvalue weighted by molar-refractivity contribution is 0.0931. The molecule has 2 aromatic rings. The number of amides is 2. The highest BCUT2D eigenvalue weighted by Crippen LogP contribution is 2.15. The third-order valence-corrected chi connectivity index (χ3v) is 4.48. The Morgan fingerprint density at radius 1 is 1.12 bits per heavy atom. The van der Waals surface area contributed by atoms with Gasteiger partial charge in [-0.05, 0) is 56.1 Å². The molecule has 0 bridgehead atoms. The van der Waals surface area contributed by atoms with Gasteiger partial charge in [0.15, 0.2) is 11.4 Å². The van der Waals surface area contributed by atoms with Crippen LogP contribution < -0.4 is 16.0 Å². The third kappa shape index (κ3) is 4.77. The lowest BCUT2D eigenvalue weighted by atomic mass is 10.1. The van der Waals surface area contributed by atoms with Crippen molar-refractivity contribution in [1.29, 1.82) is 0 Å². The molecule has 1 aliphatic rings. The molecule has 7 nitrogen and oxygen atoms in total. The number of halogens is 1. The van der Waals surface area contributed by atoms with Crippen molar-refractivity contribution in [1.82, 2.24) is 20.6 Å². The summed E-state index contributed by atoms with van der Waals surface area (Å²) < 4.78 is 0. The summed E-state index contributed by atoms with van der Waals surface area (Å²) in [6.45, 7) is 2.55. The zero-order chi connectivity index (χ0) is 18.4. The molecule has 1 saturated heterocycles. The molecule has 136 valence electrons. The Morgan fingerprint density at radius 2 is 1.81 bits per heavy atom. The van der Waals surface area contributed by atoms with Crippen molar-refractivity contribution in [3.8, 4) is 0 Å². The number of benzene rings is 1. The molecule has 8 heteroatoms. The van der Waals surface area contributed by atoms with Crippen molar-refractivity contribution in [2.45, 2.75) is 12.8 Å². The number of rotatable bonds is 6. The SMILES string of the molecule is O=C(NCCC1CCNC1)c1nccnc1C(=O)Nc1ccc(Cl)cc1. The van der Waals surface area contributed by atoms with Crippen molar-refractivity contribution < 1.29 is 9.59 Å². The maximum Gasteiger partial charge on any atom is 0.276 e. The van der Waals surface area contributed by atoms with Crippen molar-refractivity contribution in [2.75, 3.05) is 25.0 Å². The molecule has 1 unspecified atom stereocenters. The summed E-state index contributed by atoms with van der Waals surface area (Å²) in [5.41, 5.74) is 0.566. The van der Waals surface area contributed by atoms with Crippen LogP contribution in [0.5, 0.6) is 0 Å². The Morgan fingerprint density at radius 3 is 2.46 bits per heavy atom. The van der Waals surface area contributed by atoms with E-state index in [1.807, 2.05) is 0 Å². The fourth-order valence-corrected chi connectivity index (χ4v) is 2.95. The second kappa shape index (κ2) is 8.73. The first-order valence-electron chi connectivity index (χ1n) is 8.50. The van der Waals surface area contributed by atoms with E-state index in [2.05, 4.69) is 25.9 Å². The molecule has 1 aromatic heterocycles. The molecule has 1 aromatic carbocycles. The van der Waals surface area contributed by atoms with Gasteiger partial charge in [-0.1, -0.05) is 11.6 Å². The third-order valence-electron chi connectivity index (χ3n) is 4.23. The van der Waals surface area contributed by atoms with Crippen molar-refractivity contribution in [3.05, 3.63) is 53.1 Å². The molecule has 0 radical (unpaired) electrons. The van der Waals surface area contributed by atoms with E-state index in [1.54, 1.807) is 24.3 Å². The summed E-state index contributed by atoms with van der Waals surface area (Å²) in [6, 6.07) is 6.68. The minimum absolute atomic E-state index is 0.0116. The molecule has 1 atom stereocenters. The van der Waals surface area contributed by atoms with Gasteiger partial charge in [-0.2, -0.15) is 0 Å². The van der Waals surface area contributed by atoms with Crippen LogP contribution in [0, 0.1) is 5.92 Å². The highest BCUT2D eigenvalue weighted by molar-refractivity contribution is 6.30. The van der Waals surface area contributed by atoms with Gasteiger partial charge in [0.2, 0.25) is 0 Å². The highest BCUT2D eigenvalue weighted by atomic mass is 35.5. The number of nitrogens with zero attached hydrogens (tertiary/aromatic N) is 2. The van der Waals surface area contributed by atoms with Crippen molar-refractivity contribution in [3.63, 3.8) is 0 Å². The van der Waals surface area contributed by atoms with Crippen LogP contribution in [-0.2, 0) is 0 Å². The van der Waals surface area contributed by atoms with Crippen LogP contribution >= 0.6 is 11.6 Å². The number of hydrogen-bond acceptors (Lipinski definition) is 5. The van der Waals surface area contributed by atoms with Gasteiger partial charge in [-0.15, -0.1) is 0 Å². The van der Waals surface area contributed by atoms with E-state index in [4.69, 9.17) is 11.6 Å². The van der Waals surface area contributed by atoms with Crippen molar-refractivity contribution >= 4 is 29.1 Å². The Hall–Kier alpha value is -2.51. The average molecular weight is 374 g/mol. The highest BCUT2D eigenvalue weighted by Gasteiger charge is 2.21. The predicted molar refractivity (Wildman–Crippen MR) is 99.4 cm³/mol. The minimum atomic E-state index is -0.495. The number of carbonyl (C=O) groups excluding carboxylic acids is 2. The second-order valence-corrected chi connectivity index (χ2v) is 6.55. The molecular formula is C18H20ClN5O2. The molecule has 0 saturated carbocycles. The number of hydrogen-bond donors (Lipinski definition) is 3. The van der Waals surface area contributed by atoms with Crippen LogP contribution in [0.4, 0.5) is 5.69 Å². The number of anilines is 1. The van der Waals surface area contributed by atoms with Crippen LogP contribution in [0.2, 0.25) is 5.02 Å². The van der Waals surface area contributed by atoms with E-state index in [0.717, 1.165) is 25.9 Å². The molecule has 3 N–H and O–H groups in total.